The van der Waals surface area contributed by atoms with Gasteiger partial charge in [0.05, 0.1) is 5.69 Å². The van der Waals surface area contributed by atoms with E-state index in [0.717, 1.165) is 49.3 Å². The van der Waals surface area contributed by atoms with Crippen LogP contribution in [-0.2, 0) is 9.59 Å². The Hall–Kier alpha value is -3.03. The van der Waals surface area contributed by atoms with Crippen LogP contribution in [0.5, 0.6) is 0 Å². The van der Waals surface area contributed by atoms with Crippen LogP contribution in [-0.4, -0.2) is 76.8 Å². The fraction of sp³-hybridized carbons (Fsp3) is 0.542. The van der Waals surface area contributed by atoms with E-state index >= 15 is 0 Å². The van der Waals surface area contributed by atoms with Crippen LogP contribution < -0.4 is 4.90 Å². The molecule has 4 heterocycles. The molecule has 0 bridgehead atoms. The Morgan fingerprint density at radius 3 is 2.50 bits per heavy atom. The van der Waals surface area contributed by atoms with E-state index in [-0.39, 0.29) is 23.7 Å². The van der Waals surface area contributed by atoms with Gasteiger partial charge in [-0.15, -0.1) is 0 Å². The molecular weight excluding hydrogens is 404 g/mol. The molecule has 0 aromatic carbocycles. The summed E-state index contributed by atoms with van der Waals surface area (Å²) < 4.78 is 0. The minimum atomic E-state index is 0.0121. The van der Waals surface area contributed by atoms with Gasteiger partial charge in [0.1, 0.15) is 5.82 Å². The predicted octanol–water partition coefficient (Wildman–Crippen LogP) is 2.57. The van der Waals surface area contributed by atoms with E-state index in [9.17, 15) is 9.59 Å². The van der Waals surface area contributed by atoms with Crippen LogP contribution in [0, 0.1) is 5.92 Å². The first kappa shape index (κ1) is 22.2. The second-order valence-corrected chi connectivity index (χ2v) is 9.01. The molecule has 2 fully saturated rings. The predicted molar refractivity (Wildman–Crippen MR) is 123 cm³/mol. The zero-order valence-corrected chi connectivity index (χ0v) is 19.2. The summed E-state index contributed by atoms with van der Waals surface area (Å²) in [5, 5.41) is 0. The molecule has 2 amide bonds. The largest absolute Gasteiger partial charge is 0.363 e. The Morgan fingerprint density at radius 2 is 1.84 bits per heavy atom. The molecule has 0 N–H and O–H groups in total. The molecule has 8 heteroatoms. The summed E-state index contributed by atoms with van der Waals surface area (Å²) in [5.74, 6) is 2.04. The number of carbonyl (C=O) groups is 2. The summed E-state index contributed by atoms with van der Waals surface area (Å²) in [6.07, 6.45) is 7.00. The summed E-state index contributed by atoms with van der Waals surface area (Å²) in [7, 11) is 3.95. The molecule has 4 rings (SSSR count). The van der Waals surface area contributed by atoms with Crippen molar-refractivity contribution in [1.82, 2.24) is 24.8 Å². The van der Waals surface area contributed by atoms with Crippen molar-refractivity contribution >= 4 is 17.6 Å². The second kappa shape index (κ2) is 9.63. The summed E-state index contributed by atoms with van der Waals surface area (Å²) in [4.78, 5) is 44.5. The third kappa shape index (κ3) is 4.89. The van der Waals surface area contributed by atoms with Gasteiger partial charge in [-0.05, 0) is 37.8 Å². The first-order valence-corrected chi connectivity index (χ1v) is 11.4. The van der Waals surface area contributed by atoms with Gasteiger partial charge in [-0.2, -0.15) is 0 Å². The first-order chi connectivity index (χ1) is 15.4. The lowest BCUT2D eigenvalue weighted by atomic mass is 9.90. The lowest BCUT2D eigenvalue weighted by molar-refractivity contribution is -0.141. The highest BCUT2D eigenvalue weighted by Crippen LogP contribution is 2.31. The van der Waals surface area contributed by atoms with Crippen molar-refractivity contribution in [2.75, 3.05) is 45.2 Å². The van der Waals surface area contributed by atoms with Gasteiger partial charge in [0.2, 0.25) is 11.8 Å². The van der Waals surface area contributed by atoms with Crippen molar-refractivity contribution in [3.63, 3.8) is 0 Å². The summed E-state index contributed by atoms with van der Waals surface area (Å²) in [6.45, 7) is 4.43. The molecule has 170 valence electrons. The molecule has 32 heavy (non-hydrogen) atoms. The third-order valence-electron chi connectivity index (χ3n) is 6.55. The number of likely N-dealkylation sites (tertiary alicyclic amines) is 2. The quantitative estimate of drug-likeness (QED) is 0.733. The van der Waals surface area contributed by atoms with Crippen LogP contribution in [0.1, 0.15) is 44.2 Å². The highest BCUT2D eigenvalue weighted by molar-refractivity contribution is 5.80. The van der Waals surface area contributed by atoms with E-state index in [4.69, 9.17) is 9.97 Å². The third-order valence-corrected chi connectivity index (χ3v) is 6.55. The van der Waals surface area contributed by atoms with Gasteiger partial charge in [0, 0.05) is 83.1 Å². The van der Waals surface area contributed by atoms with Gasteiger partial charge in [-0.25, -0.2) is 9.97 Å². The van der Waals surface area contributed by atoms with Crippen molar-refractivity contribution in [3.8, 4) is 11.4 Å². The Kier molecular flexibility index (Phi) is 6.67. The van der Waals surface area contributed by atoms with Crippen molar-refractivity contribution in [1.29, 1.82) is 0 Å². The van der Waals surface area contributed by atoms with Crippen molar-refractivity contribution in [3.05, 3.63) is 36.3 Å². The molecule has 0 radical (unpaired) electrons. The van der Waals surface area contributed by atoms with Crippen LogP contribution >= 0.6 is 0 Å². The molecule has 0 unspecified atom stereocenters. The molecule has 0 aliphatic carbocycles. The van der Waals surface area contributed by atoms with Crippen molar-refractivity contribution in [2.24, 2.45) is 5.92 Å². The van der Waals surface area contributed by atoms with Gasteiger partial charge >= 0.3 is 0 Å². The van der Waals surface area contributed by atoms with Gasteiger partial charge in [0.15, 0.2) is 5.82 Å². The fourth-order valence-corrected chi connectivity index (χ4v) is 4.63. The Bertz CT molecular complexity index is 956. The van der Waals surface area contributed by atoms with Gasteiger partial charge in [-0.1, -0.05) is 0 Å². The second-order valence-electron chi connectivity index (χ2n) is 9.01. The molecule has 0 saturated carbocycles. The summed E-state index contributed by atoms with van der Waals surface area (Å²) in [5.41, 5.74) is 1.87. The maximum absolute atomic E-state index is 13.2. The number of piperidine rings is 2. The van der Waals surface area contributed by atoms with E-state index in [2.05, 4.69) is 4.98 Å². The summed E-state index contributed by atoms with van der Waals surface area (Å²) in [6, 6.07) is 5.90. The molecule has 2 aromatic rings. The highest BCUT2D eigenvalue weighted by atomic mass is 16.2. The van der Waals surface area contributed by atoms with Crippen molar-refractivity contribution in [2.45, 2.75) is 38.5 Å². The number of pyridine rings is 1. The summed E-state index contributed by atoms with van der Waals surface area (Å²) >= 11 is 0. The van der Waals surface area contributed by atoms with E-state index in [0.29, 0.717) is 25.5 Å². The normalized spacial score (nSPS) is 19.7. The number of hydrogen-bond donors (Lipinski definition) is 0. The lowest BCUT2D eigenvalue weighted by Crippen LogP contribution is -2.46. The zero-order valence-electron chi connectivity index (χ0n) is 19.2. The lowest BCUT2D eigenvalue weighted by Gasteiger charge is -2.37. The molecule has 1 atom stereocenters. The minimum Gasteiger partial charge on any atom is -0.363 e. The number of hydrogen-bond acceptors (Lipinski definition) is 6. The Morgan fingerprint density at radius 1 is 1.06 bits per heavy atom. The molecule has 2 aliphatic rings. The van der Waals surface area contributed by atoms with Crippen LogP contribution in [0.15, 0.2) is 30.6 Å². The average Bonchev–Trinajstić information content (AvgIpc) is 2.84. The number of nitrogens with zero attached hydrogens (tertiary/aromatic N) is 6. The smallest absolute Gasteiger partial charge is 0.225 e. The number of anilines is 1. The Labute approximate surface area is 189 Å². The highest BCUT2D eigenvalue weighted by Gasteiger charge is 2.33. The van der Waals surface area contributed by atoms with E-state index in [1.54, 1.807) is 19.3 Å². The first-order valence-electron chi connectivity index (χ1n) is 11.4. The molecule has 8 nitrogen and oxygen atoms in total. The molecule has 0 spiro atoms. The zero-order chi connectivity index (χ0) is 22.7. The van der Waals surface area contributed by atoms with Gasteiger partial charge < -0.3 is 14.7 Å². The number of rotatable bonds is 4. The number of carbonyl (C=O) groups excluding carboxylic acids is 2. The van der Waals surface area contributed by atoms with E-state index in [1.807, 2.05) is 47.0 Å². The number of amides is 2. The molecular formula is C24H32N6O2. The van der Waals surface area contributed by atoms with E-state index in [1.165, 1.54) is 0 Å². The van der Waals surface area contributed by atoms with Crippen LogP contribution in [0.2, 0.25) is 0 Å². The molecule has 2 aromatic heterocycles. The SMILES string of the molecule is CC(=O)N1CCC(C(=O)N2CCC[C@H](c3cc(N(C)C)nc(-c4cccnc4)n3)C2)CC1. The maximum Gasteiger partial charge on any atom is 0.225 e. The fourth-order valence-electron chi connectivity index (χ4n) is 4.63. The number of aromatic nitrogens is 3. The molecule has 2 aliphatic heterocycles. The topological polar surface area (TPSA) is 82.5 Å². The van der Waals surface area contributed by atoms with Crippen LogP contribution in [0.3, 0.4) is 0 Å². The van der Waals surface area contributed by atoms with Gasteiger partial charge in [0.25, 0.3) is 0 Å². The molecule has 2 saturated heterocycles. The minimum absolute atomic E-state index is 0.0121. The monoisotopic (exact) mass is 436 g/mol. The van der Waals surface area contributed by atoms with Crippen LogP contribution in [0.4, 0.5) is 5.82 Å². The standard InChI is InChI=1S/C24H32N6O2/c1-17(31)29-12-8-18(9-13-29)24(32)30-11-5-7-20(16-30)21-14-22(28(2)3)27-23(26-21)19-6-4-10-25-15-19/h4,6,10,14-15,18,20H,5,7-9,11-13,16H2,1-3H3/t20-/m0/s1. The average molecular weight is 437 g/mol. The van der Waals surface area contributed by atoms with Gasteiger partial charge in [-0.3, -0.25) is 14.6 Å². The van der Waals surface area contributed by atoms with E-state index < -0.39 is 0 Å². The van der Waals surface area contributed by atoms with Crippen molar-refractivity contribution < 1.29 is 9.59 Å². The van der Waals surface area contributed by atoms with Crippen LogP contribution in [0.25, 0.3) is 11.4 Å². The maximum atomic E-state index is 13.2. The Balaban J connectivity index is 1.51.